The molecular weight excluding hydrogens is 364 g/mol. The molecule has 27 heavy (non-hydrogen) atoms. The monoisotopic (exact) mass is 380 g/mol. The average molecular weight is 380 g/mol. The van der Waals surface area contributed by atoms with Crippen LogP contribution in [0.2, 0.25) is 0 Å². The van der Waals surface area contributed by atoms with Gasteiger partial charge in [0.1, 0.15) is 22.4 Å². The van der Waals surface area contributed by atoms with E-state index in [1.807, 2.05) is 0 Å². The van der Waals surface area contributed by atoms with Gasteiger partial charge in [-0.05, 0) is 31.2 Å². The minimum atomic E-state index is -0.215. The van der Waals surface area contributed by atoms with E-state index in [1.54, 1.807) is 50.4 Å². The van der Waals surface area contributed by atoms with Crippen molar-refractivity contribution in [2.45, 2.75) is 11.9 Å². The van der Waals surface area contributed by atoms with Crippen LogP contribution in [0.5, 0.6) is 5.75 Å². The lowest BCUT2D eigenvalue weighted by Gasteiger charge is -2.09. The van der Waals surface area contributed by atoms with Crippen LogP contribution in [0.25, 0.3) is 11.6 Å². The Bertz CT molecular complexity index is 997. The molecule has 3 aromatic rings. The molecule has 0 radical (unpaired) electrons. The van der Waals surface area contributed by atoms with Crippen molar-refractivity contribution >= 4 is 23.4 Å². The Morgan fingerprint density at radius 1 is 1.33 bits per heavy atom. The molecule has 7 nitrogen and oxygen atoms in total. The summed E-state index contributed by atoms with van der Waals surface area (Å²) >= 11 is 1.18. The van der Waals surface area contributed by atoms with Crippen molar-refractivity contribution in [3.8, 4) is 23.4 Å². The smallest absolute Gasteiger partial charge is 0.234 e. The van der Waals surface area contributed by atoms with Gasteiger partial charge in [-0.1, -0.05) is 17.8 Å². The second-order valence-corrected chi connectivity index (χ2v) is 6.43. The highest BCUT2D eigenvalue weighted by atomic mass is 32.2. The van der Waals surface area contributed by atoms with E-state index in [1.165, 1.54) is 18.0 Å². The summed E-state index contributed by atoms with van der Waals surface area (Å²) < 4.78 is 10.5. The molecular formula is C19H16N4O3S. The molecule has 0 bridgehead atoms. The SMILES string of the molecule is COc1cccc(NC(=O)CSc2nc(-c3ccco3)nc(C)c2C#N)c1. The van der Waals surface area contributed by atoms with Crippen LogP contribution in [0.1, 0.15) is 11.3 Å². The summed E-state index contributed by atoms with van der Waals surface area (Å²) in [6.07, 6.45) is 1.53. The zero-order valence-corrected chi connectivity index (χ0v) is 15.5. The molecule has 0 saturated heterocycles. The first kappa shape index (κ1) is 18.5. The predicted octanol–water partition coefficient (Wildman–Crippen LogP) is 3.66. The number of nitriles is 1. The molecule has 136 valence electrons. The molecule has 3 rings (SSSR count). The highest BCUT2D eigenvalue weighted by Gasteiger charge is 2.16. The lowest BCUT2D eigenvalue weighted by atomic mass is 10.2. The number of hydrogen-bond acceptors (Lipinski definition) is 7. The van der Waals surface area contributed by atoms with Crippen LogP contribution < -0.4 is 10.1 Å². The summed E-state index contributed by atoms with van der Waals surface area (Å²) in [5, 5.41) is 12.6. The number of hydrogen-bond donors (Lipinski definition) is 1. The van der Waals surface area contributed by atoms with Crippen molar-refractivity contribution in [3.63, 3.8) is 0 Å². The number of benzene rings is 1. The summed E-state index contributed by atoms with van der Waals surface area (Å²) in [6.45, 7) is 1.73. The number of amides is 1. The molecule has 0 aliphatic rings. The van der Waals surface area contributed by atoms with E-state index in [0.29, 0.717) is 39.3 Å². The minimum absolute atomic E-state index is 0.0972. The van der Waals surface area contributed by atoms with Gasteiger partial charge >= 0.3 is 0 Å². The fourth-order valence-electron chi connectivity index (χ4n) is 2.33. The molecule has 2 heterocycles. The van der Waals surface area contributed by atoms with Crippen molar-refractivity contribution in [1.82, 2.24) is 9.97 Å². The van der Waals surface area contributed by atoms with Crippen LogP contribution in [0.15, 0.2) is 52.1 Å². The van der Waals surface area contributed by atoms with Gasteiger partial charge in [0.25, 0.3) is 0 Å². The van der Waals surface area contributed by atoms with Crippen LogP contribution in [-0.2, 0) is 4.79 Å². The van der Waals surface area contributed by atoms with Crippen molar-refractivity contribution < 1.29 is 13.9 Å². The van der Waals surface area contributed by atoms with E-state index < -0.39 is 0 Å². The molecule has 0 fully saturated rings. The molecule has 0 atom stereocenters. The van der Waals surface area contributed by atoms with Gasteiger partial charge < -0.3 is 14.5 Å². The minimum Gasteiger partial charge on any atom is -0.497 e. The third-order valence-corrected chi connectivity index (χ3v) is 4.58. The standard InChI is InChI=1S/C19H16N4O3S/c1-12-15(10-20)19(23-18(21-12)16-7-4-8-26-16)27-11-17(24)22-13-5-3-6-14(9-13)25-2/h3-9H,11H2,1-2H3,(H,22,24). The maximum Gasteiger partial charge on any atom is 0.234 e. The molecule has 0 spiro atoms. The molecule has 1 N–H and O–H groups in total. The maximum absolute atomic E-state index is 12.3. The number of nitrogens with one attached hydrogen (secondary N) is 1. The molecule has 1 aromatic carbocycles. The number of aryl methyl sites for hydroxylation is 1. The molecule has 0 unspecified atom stereocenters. The van der Waals surface area contributed by atoms with Gasteiger partial charge in [-0.3, -0.25) is 4.79 Å². The quantitative estimate of drug-likeness (QED) is 0.514. The van der Waals surface area contributed by atoms with Crippen LogP contribution in [0.4, 0.5) is 5.69 Å². The van der Waals surface area contributed by atoms with E-state index in [-0.39, 0.29) is 11.7 Å². The second kappa shape index (κ2) is 8.38. The number of ether oxygens (including phenoxy) is 1. The Morgan fingerprint density at radius 3 is 2.89 bits per heavy atom. The first-order chi connectivity index (χ1) is 13.1. The van der Waals surface area contributed by atoms with Crippen LogP contribution in [-0.4, -0.2) is 28.7 Å². The number of rotatable bonds is 6. The van der Waals surface area contributed by atoms with E-state index in [4.69, 9.17) is 9.15 Å². The van der Waals surface area contributed by atoms with E-state index in [2.05, 4.69) is 21.4 Å². The second-order valence-electron chi connectivity index (χ2n) is 5.47. The molecule has 2 aromatic heterocycles. The van der Waals surface area contributed by atoms with Gasteiger partial charge in [-0.25, -0.2) is 9.97 Å². The van der Waals surface area contributed by atoms with E-state index >= 15 is 0 Å². The number of anilines is 1. The maximum atomic E-state index is 12.3. The van der Waals surface area contributed by atoms with Gasteiger partial charge in [-0.15, -0.1) is 0 Å². The first-order valence-electron chi connectivity index (χ1n) is 8.00. The normalized spacial score (nSPS) is 10.3. The molecule has 0 aliphatic heterocycles. The summed E-state index contributed by atoms with van der Waals surface area (Å²) in [7, 11) is 1.56. The van der Waals surface area contributed by atoms with Gasteiger partial charge in [0.15, 0.2) is 11.6 Å². The van der Waals surface area contributed by atoms with Crippen molar-refractivity contribution in [3.05, 3.63) is 53.9 Å². The van der Waals surface area contributed by atoms with Crippen molar-refractivity contribution in [1.29, 1.82) is 5.26 Å². The highest BCUT2D eigenvalue weighted by Crippen LogP contribution is 2.26. The molecule has 8 heteroatoms. The largest absolute Gasteiger partial charge is 0.497 e. The van der Waals surface area contributed by atoms with Gasteiger partial charge in [0.05, 0.1) is 24.8 Å². The van der Waals surface area contributed by atoms with Gasteiger partial charge in [0.2, 0.25) is 5.91 Å². The van der Waals surface area contributed by atoms with E-state index in [0.717, 1.165) is 0 Å². The third kappa shape index (κ3) is 4.46. The molecule has 1 amide bonds. The number of carbonyl (C=O) groups is 1. The summed E-state index contributed by atoms with van der Waals surface area (Å²) in [4.78, 5) is 21.0. The van der Waals surface area contributed by atoms with Gasteiger partial charge in [0, 0.05) is 11.8 Å². The Kier molecular flexibility index (Phi) is 5.74. The Labute approximate surface area is 160 Å². The van der Waals surface area contributed by atoms with Crippen molar-refractivity contribution in [2.75, 3.05) is 18.2 Å². The fraction of sp³-hybridized carbons (Fsp3) is 0.158. The Hall–Kier alpha value is -3.31. The van der Waals surface area contributed by atoms with Crippen LogP contribution in [0, 0.1) is 18.3 Å². The number of nitrogens with zero attached hydrogens (tertiary/aromatic N) is 3. The van der Waals surface area contributed by atoms with Crippen molar-refractivity contribution in [2.24, 2.45) is 0 Å². The third-order valence-electron chi connectivity index (χ3n) is 3.60. The number of aromatic nitrogens is 2. The predicted molar refractivity (Wildman–Crippen MR) is 102 cm³/mol. The summed E-state index contributed by atoms with van der Waals surface area (Å²) in [5.74, 6) is 1.42. The Morgan fingerprint density at radius 2 is 2.19 bits per heavy atom. The zero-order valence-electron chi connectivity index (χ0n) is 14.7. The average Bonchev–Trinajstić information content (AvgIpc) is 3.21. The number of furan rings is 1. The number of carbonyl (C=O) groups excluding carboxylic acids is 1. The van der Waals surface area contributed by atoms with Crippen LogP contribution in [0.3, 0.4) is 0 Å². The number of thioether (sulfide) groups is 1. The molecule has 0 saturated carbocycles. The zero-order chi connectivity index (χ0) is 19.2. The summed E-state index contributed by atoms with van der Waals surface area (Å²) in [6, 6.07) is 12.7. The number of methoxy groups -OCH3 is 1. The lowest BCUT2D eigenvalue weighted by molar-refractivity contribution is -0.113. The Balaban J connectivity index is 1.74. The van der Waals surface area contributed by atoms with Gasteiger partial charge in [-0.2, -0.15) is 5.26 Å². The lowest BCUT2D eigenvalue weighted by Crippen LogP contribution is -2.14. The highest BCUT2D eigenvalue weighted by molar-refractivity contribution is 8.00. The van der Waals surface area contributed by atoms with E-state index in [9.17, 15) is 10.1 Å². The fourth-order valence-corrected chi connectivity index (χ4v) is 3.16. The molecule has 0 aliphatic carbocycles. The summed E-state index contributed by atoms with van der Waals surface area (Å²) in [5.41, 5.74) is 1.52. The van der Waals surface area contributed by atoms with Crippen LogP contribution >= 0.6 is 11.8 Å². The topological polar surface area (TPSA) is 101 Å². The first-order valence-corrected chi connectivity index (χ1v) is 8.98.